The maximum atomic E-state index is 12.9. The van der Waals surface area contributed by atoms with E-state index in [0.29, 0.717) is 6.61 Å². The van der Waals surface area contributed by atoms with Gasteiger partial charge >= 0.3 is 5.97 Å². The van der Waals surface area contributed by atoms with Crippen LogP contribution in [0.1, 0.15) is 90.8 Å². The molecule has 4 aromatic rings. The molecule has 222 valence electrons. The quantitative estimate of drug-likeness (QED) is 0.225. The summed E-state index contributed by atoms with van der Waals surface area (Å²) in [5.74, 6) is 0.596. The lowest BCUT2D eigenvalue weighted by Gasteiger charge is -2.32. The van der Waals surface area contributed by atoms with E-state index in [1.807, 2.05) is 47.7 Å². The van der Waals surface area contributed by atoms with Crippen molar-refractivity contribution in [3.63, 3.8) is 0 Å². The zero-order valence-electron chi connectivity index (χ0n) is 26.8. The third-order valence-corrected chi connectivity index (χ3v) is 7.64. The summed E-state index contributed by atoms with van der Waals surface area (Å²) in [5, 5.41) is 2.06. The number of nitrogens with zero attached hydrogens (tertiary/aromatic N) is 2. The number of hydrogen-bond donors (Lipinski definition) is 0. The van der Waals surface area contributed by atoms with Gasteiger partial charge in [0.2, 0.25) is 0 Å². The van der Waals surface area contributed by atoms with Crippen molar-refractivity contribution in [3.05, 3.63) is 65.0 Å². The van der Waals surface area contributed by atoms with Crippen LogP contribution in [-0.4, -0.2) is 34.8 Å². The van der Waals surface area contributed by atoms with Crippen molar-refractivity contribution in [2.75, 3.05) is 13.2 Å². The number of aryl methyl sites for hydroxylation is 1. The fourth-order valence-electron chi connectivity index (χ4n) is 5.62. The first-order valence-corrected chi connectivity index (χ1v) is 14.9. The van der Waals surface area contributed by atoms with Crippen LogP contribution in [0, 0.1) is 12.3 Å². The van der Waals surface area contributed by atoms with Crippen LogP contribution in [0.25, 0.3) is 32.9 Å². The number of carbonyl (C=O) groups is 1. The Morgan fingerprint density at radius 1 is 1.00 bits per heavy atom. The summed E-state index contributed by atoms with van der Waals surface area (Å²) < 4.78 is 18.7. The molecule has 2 aromatic carbocycles. The Labute approximate surface area is 249 Å². The number of pyridine rings is 2. The molecule has 3 heterocycles. The molecule has 42 heavy (non-hydrogen) atoms. The molecule has 1 atom stereocenters. The van der Waals surface area contributed by atoms with E-state index in [4.69, 9.17) is 24.2 Å². The molecule has 0 radical (unpaired) electrons. The standard InChI is InChI=1S/C36H44N2O4/c1-21-19-25-23(12-14-28(38-25)34(2,3)4)31(24-11-13-26-30-22(16-18-40-26)15-17-37-32(24)30)29(21)27(42-36(8,9)10)20-41-33(39)35(5,6)7/h11-15,17,19,27H,16,18,20H2,1-10H3/t27-/m1/s1. The van der Waals surface area contributed by atoms with Crippen LogP contribution in [0.15, 0.2) is 42.6 Å². The maximum absolute atomic E-state index is 12.9. The summed E-state index contributed by atoms with van der Waals surface area (Å²) in [7, 11) is 0. The molecule has 6 heteroatoms. The fourth-order valence-corrected chi connectivity index (χ4v) is 5.62. The first kappa shape index (κ1) is 30.0. The van der Waals surface area contributed by atoms with Crippen LogP contribution >= 0.6 is 0 Å². The van der Waals surface area contributed by atoms with Gasteiger partial charge in [0.1, 0.15) is 18.5 Å². The van der Waals surface area contributed by atoms with Crippen molar-refractivity contribution in [1.82, 2.24) is 9.97 Å². The molecule has 5 rings (SSSR count). The molecule has 1 aliphatic heterocycles. The van der Waals surface area contributed by atoms with Gasteiger partial charge in [-0.2, -0.15) is 0 Å². The van der Waals surface area contributed by atoms with Gasteiger partial charge in [-0.1, -0.05) is 26.8 Å². The smallest absolute Gasteiger partial charge is 0.311 e. The number of fused-ring (bicyclic) bond motifs is 1. The minimum atomic E-state index is -0.624. The number of ether oxygens (including phenoxy) is 3. The molecule has 0 aliphatic carbocycles. The highest BCUT2D eigenvalue weighted by molar-refractivity contribution is 6.07. The fraction of sp³-hybridized carbons (Fsp3) is 0.472. The second-order valence-corrected chi connectivity index (χ2v) is 14.5. The van der Waals surface area contributed by atoms with Crippen LogP contribution in [0.3, 0.4) is 0 Å². The molecule has 6 nitrogen and oxygen atoms in total. The van der Waals surface area contributed by atoms with Crippen molar-refractivity contribution in [2.45, 2.75) is 92.8 Å². The van der Waals surface area contributed by atoms with Crippen molar-refractivity contribution < 1.29 is 19.0 Å². The molecule has 0 N–H and O–H groups in total. The van der Waals surface area contributed by atoms with Gasteiger partial charge in [-0.05, 0) is 101 Å². The Balaban J connectivity index is 1.82. The van der Waals surface area contributed by atoms with Crippen molar-refractivity contribution in [2.24, 2.45) is 5.41 Å². The van der Waals surface area contributed by atoms with E-state index in [0.717, 1.165) is 61.9 Å². The van der Waals surface area contributed by atoms with Crippen LogP contribution < -0.4 is 4.74 Å². The largest absolute Gasteiger partial charge is 0.493 e. The Kier molecular flexibility index (Phi) is 7.59. The van der Waals surface area contributed by atoms with Gasteiger partial charge in [0.15, 0.2) is 0 Å². The molecule has 0 saturated carbocycles. The second-order valence-electron chi connectivity index (χ2n) is 14.5. The predicted octanol–water partition coefficient (Wildman–Crippen LogP) is 8.44. The zero-order chi connectivity index (χ0) is 30.6. The van der Waals surface area contributed by atoms with E-state index in [9.17, 15) is 4.79 Å². The van der Waals surface area contributed by atoms with Crippen LogP contribution in [0.2, 0.25) is 0 Å². The Morgan fingerprint density at radius 3 is 2.40 bits per heavy atom. The van der Waals surface area contributed by atoms with Gasteiger partial charge in [0, 0.05) is 40.1 Å². The molecule has 2 aromatic heterocycles. The summed E-state index contributed by atoms with van der Waals surface area (Å²) in [5.41, 5.74) is 6.83. The molecule has 1 aliphatic rings. The van der Waals surface area contributed by atoms with Crippen molar-refractivity contribution >= 4 is 27.8 Å². The molecule has 0 spiro atoms. The van der Waals surface area contributed by atoms with Gasteiger partial charge in [-0.25, -0.2) is 0 Å². The van der Waals surface area contributed by atoms with E-state index in [-0.39, 0.29) is 18.0 Å². The van der Waals surface area contributed by atoms with E-state index < -0.39 is 17.1 Å². The lowest BCUT2D eigenvalue weighted by molar-refractivity contribution is -0.162. The molecule has 0 bridgehead atoms. The maximum Gasteiger partial charge on any atom is 0.311 e. The van der Waals surface area contributed by atoms with Gasteiger partial charge in [-0.15, -0.1) is 0 Å². The Morgan fingerprint density at radius 2 is 1.74 bits per heavy atom. The number of aromatic nitrogens is 2. The highest BCUT2D eigenvalue weighted by atomic mass is 16.6. The van der Waals surface area contributed by atoms with Crippen LogP contribution in [0.5, 0.6) is 5.75 Å². The lowest BCUT2D eigenvalue weighted by Crippen LogP contribution is -2.30. The first-order valence-electron chi connectivity index (χ1n) is 14.9. The number of rotatable bonds is 5. The molecule has 0 amide bonds. The highest BCUT2D eigenvalue weighted by Crippen LogP contribution is 2.45. The average molecular weight is 569 g/mol. The monoisotopic (exact) mass is 568 g/mol. The topological polar surface area (TPSA) is 70.5 Å². The van der Waals surface area contributed by atoms with Gasteiger partial charge in [0.05, 0.1) is 28.7 Å². The number of hydrogen-bond acceptors (Lipinski definition) is 6. The molecule has 0 fully saturated rings. The van der Waals surface area contributed by atoms with Crippen LogP contribution in [-0.2, 0) is 26.1 Å². The average Bonchev–Trinajstić information content (AvgIpc) is 2.89. The lowest BCUT2D eigenvalue weighted by atomic mass is 9.85. The Hall–Kier alpha value is -3.51. The molecule has 0 unspecified atom stereocenters. The molecular weight excluding hydrogens is 524 g/mol. The molecular formula is C36H44N2O4. The van der Waals surface area contributed by atoms with Crippen LogP contribution in [0.4, 0.5) is 0 Å². The number of benzene rings is 2. The minimum absolute atomic E-state index is 0.0953. The third-order valence-electron chi connectivity index (χ3n) is 7.64. The number of esters is 1. The minimum Gasteiger partial charge on any atom is -0.493 e. The summed E-state index contributed by atoms with van der Waals surface area (Å²) >= 11 is 0. The Bertz CT molecular complexity index is 1660. The van der Waals surface area contributed by atoms with Gasteiger partial charge < -0.3 is 14.2 Å². The summed E-state index contributed by atoms with van der Waals surface area (Å²) in [6.07, 6.45) is 2.21. The zero-order valence-corrected chi connectivity index (χ0v) is 26.8. The SMILES string of the molecule is Cc1cc2nc(C(C)(C)C)ccc2c(-c2ccc3c4c(ccnc24)CCO3)c1[C@@H](COC(=O)C(C)(C)C)OC(C)(C)C. The van der Waals surface area contributed by atoms with E-state index in [1.165, 1.54) is 5.56 Å². The summed E-state index contributed by atoms with van der Waals surface area (Å²) in [6.45, 7) is 21.1. The van der Waals surface area contributed by atoms with Gasteiger partial charge in [0.25, 0.3) is 0 Å². The van der Waals surface area contributed by atoms with Gasteiger partial charge in [-0.3, -0.25) is 14.8 Å². The molecule has 0 saturated heterocycles. The van der Waals surface area contributed by atoms with E-state index in [2.05, 4.69) is 64.1 Å². The summed E-state index contributed by atoms with van der Waals surface area (Å²) in [6, 6.07) is 12.7. The predicted molar refractivity (Wildman–Crippen MR) is 169 cm³/mol. The normalized spacial score (nSPS) is 14.6. The van der Waals surface area contributed by atoms with Crippen molar-refractivity contribution in [1.29, 1.82) is 0 Å². The first-order chi connectivity index (χ1) is 19.5. The van der Waals surface area contributed by atoms with E-state index in [1.54, 1.807) is 0 Å². The van der Waals surface area contributed by atoms with E-state index >= 15 is 0 Å². The number of carbonyl (C=O) groups excluding carboxylic acids is 1. The summed E-state index contributed by atoms with van der Waals surface area (Å²) in [4.78, 5) is 23.0. The van der Waals surface area contributed by atoms with Crippen molar-refractivity contribution in [3.8, 4) is 16.9 Å². The second kappa shape index (κ2) is 10.6. The highest BCUT2D eigenvalue weighted by Gasteiger charge is 2.32. The third kappa shape index (κ3) is 5.87.